The molecule has 0 bridgehead atoms. The fourth-order valence-electron chi connectivity index (χ4n) is 3.31. The van der Waals surface area contributed by atoms with Gasteiger partial charge in [-0.1, -0.05) is 6.07 Å². The zero-order valence-corrected chi connectivity index (χ0v) is 14.3. The Kier molecular flexibility index (Phi) is 4.70. The number of amides is 1. The zero-order chi connectivity index (χ0) is 18.2. The van der Waals surface area contributed by atoms with Crippen LogP contribution in [0.5, 0.6) is 0 Å². The van der Waals surface area contributed by atoms with E-state index in [0.717, 1.165) is 12.1 Å². The maximum absolute atomic E-state index is 12.8. The van der Waals surface area contributed by atoms with Crippen molar-refractivity contribution < 1.29 is 26.4 Å². The Morgan fingerprint density at radius 1 is 1.12 bits per heavy atom. The second-order valence-electron chi connectivity index (χ2n) is 6.46. The molecule has 1 aromatic carbocycles. The van der Waals surface area contributed by atoms with E-state index < -0.39 is 27.5 Å². The first kappa shape index (κ1) is 18.0. The molecule has 0 aromatic heterocycles. The molecule has 1 atom stereocenters. The molecule has 9 heteroatoms. The van der Waals surface area contributed by atoms with Crippen molar-refractivity contribution in [1.29, 1.82) is 0 Å². The number of sulfone groups is 1. The number of nitrogens with zero attached hydrogens (tertiary/aromatic N) is 2. The van der Waals surface area contributed by atoms with Crippen LogP contribution in [-0.4, -0.2) is 56.9 Å². The van der Waals surface area contributed by atoms with Crippen molar-refractivity contribution in [1.82, 2.24) is 4.90 Å². The molecular formula is C16H19F3N2O3S. The van der Waals surface area contributed by atoms with Gasteiger partial charge in [0.2, 0.25) is 5.91 Å². The summed E-state index contributed by atoms with van der Waals surface area (Å²) < 4.78 is 61.5. The van der Waals surface area contributed by atoms with E-state index in [1.807, 2.05) is 4.90 Å². The molecule has 2 heterocycles. The third-order valence-corrected chi connectivity index (χ3v) is 6.48. The van der Waals surface area contributed by atoms with Crippen molar-refractivity contribution in [2.75, 3.05) is 42.6 Å². The second-order valence-corrected chi connectivity index (χ2v) is 8.69. The predicted molar refractivity (Wildman–Crippen MR) is 87.0 cm³/mol. The van der Waals surface area contributed by atoms with Gasteiger partial charge in [-0.3, -0.25) is 4.79 Å². The SMILES string of the molecule is O=C([C@@H]1CCS(=O)(=O)C1)N1CCN(c2cccc(C(F)(F)F)c2)CC1. The van der Waals surface area contributed by atoms with E-state index in [0.29, 0.717) is 38.3 Å². The molecular weight excluding hydrogens is 357 g/mol. The Bertz CT molecular complexity index is 756. The third-order valence-electron chi connectivity index (χ3n) is 4.71. The highest BCUT2D eigenvalue weighted by Crippen LogP contribution is 2.32. The van der Waals surface area contributed by atoms with Gasteiger partial charge in [-0.15, -0.1) is 0 Å². The summed E-state index contributed by atoms with van der Waals surface area (Å²) in [5.41, 5.74) is -0.218. The topological polar surface area (TPSA) is 57.7 Å². The van der Waals surface area contributed by atoms with E-state index in [9.17, 15) is 26.4 Å². The van der Waals surface area contributed by atoms with Gasteiger partial charge in [0, 0.05) is 31.9 Å². The average Bonchev–Trinajstić information content (AvgIpc) is 2.94. The summed E-state index contributed by atoms with van der Waals surface area (Å²) in [7, 11) is -3.12. The first-order valence-electron chi connectivity index (χ1n) is 8.07. The van der Waals surface area contributed by atoms with E-state index in [2.05, 4.69) is 0 Å². The highest BCUT2D eigenvalue weighted by molar-refractivity contribution is 7.91. The molecule has 25 heavy (non-hydrogen) atoms. The van der Waals surface area contributed by atoms with Crippen LogP contribution >= 0.6 is 0 Å². The minimum absolute atomic E-state index is 0.0492. The number of piperazine rings is 1. The van der Waals surface area contributed by atoms with Crippen LogP contribution in [0.3, 0.4) is 0 Å². The number of benzene rings is 1. The first-order chi connectivity index (χ1) is 11.7. The monoisotopic (exact) mass is 376 g/mol. The minimum atomic E-state index is -4.39. The molecule has 0 N–H and O–H groups in total. The third kappa shape index (κ3) is 4.08. The smallest absolute Gasteiger partial charge is 0.368 e. The standard InChI is InChI=1S/C16H19F3N2O3S/c17-16(18,19)13-2-1-3-14(10-13)20-5-7-21(8-6-20)15(22)12-4-9-25(23,24)11-12/h1-3,10,12H,4-9,11H2/t12-/m1/s1. The second kappa shape index (κ2) is 6.51. The fraction of sp³-hybridized carbons (Fsp3) is 0.562. The lowest BCUT2D eigenvalue weighted by molar-refractivity contribution is -0.137. The lowest BCUT2D eigenvalue weighted by Crippen LogP contribution is -2.50. The van der Waals surface area contributed by atoms with Gasteiger partial charge in [0.15, 0.2) is 9.84 Å². The molecule has 2 aliphatic heterocycles. The number of alkyl halides is 3. The quantitative estimate of drug-likeness (QED) is 0.790. The lowest BCUT2D eigenvalue weighted by Gasteiger charge is -2.37. The van der Waals surface area contributed by atoms with Gasteiger partial charge >= 0.3 is 6.18 Å². The molecule has 2 fully saturated rings. The molecule has 2 aliphatic rings. The van der Waals surface area contributed by atoms with Crippen molar-refractivity contribution in [2.45, 2.75) is 12.6 Å². The molecule has 5 nitrogen and oxygen atoms in total. The number of halogens is 3. The highest BCUT2D eigenvalue weighted by Gasteiger charge is 2.36. The highest BCUT2D eigenvalue weighted by atomic mass is 32.2. The normalized spacial score (nSPS) is 23.7. The molecule has 0 spiro atoms. The number of carbonyl (C=O) groups is 1. The average molecular weight is 376 g/mol. The predicted octanol–water partition coefficient (Wildman–Crippen LogP) is 1.79. The Labute approximate surface area is 144 Å². The van der Waals surface area contributed by atoms with Crippen LogP contribution in [0.2, 0.25) is 0 Å². The van der Waals surface area contributed by atoms with Gasteiger partial charge < -0.3 is 9.80 Å². The maximum atomic E-state index is 12.8. The Hall–Kier alpha value is -1.77. The van der Waals surface area contributed by atoms with Crippen molar-refractivity contribution >= 4 is 21.4 Å². The van der Waals surface area contributed by atoms with Crippen LogP contribution in [-0.2, 0) is 20.8 Å². The summed E-state index contributed by atoms with van der Waals surface area (Å²) in [5, 5.41) is 0. The number of rotatable bonds is 2. The van der Waals surface area contributed by atoms with Gasteiger partial charge in [-0.2, -0.15) is 13.2 Å². The first-order valence-corrected chi connectivity index (χ1v) is 9.89. The van der Waals surface area contributed by atoms with E-state index in [1.165, 1.54) is 6.07 Å². The molecule has 1 amide bonds. The maximum Gasteiger partial charge on any atom is 0.416 e. The summed E-state index contributed by atoms with van der Waals surface area (Å²) in [4.78, 5) is 15.8. The number of hydrogen-bond donors (Lipinski definition) is 0. The van der Waals surface area contributed by atoms with Crippen LogP contribution < -0.4 is 4.90 Å². The Morgan fingerprint density at radius 2 is 1.80 bits per heavy atom. The molecule has 0 aliphatic carbocycles. The van der Waals surface area contributed by atoms with Gasteiger partial charge in [-0.05, 0) is 24.6 Å². The number of carbonyl (C=O) groups excluding carboxylic acids is 1. The van der Waals surface area contributed by atoms with E-state index in [-0.39, 0.29) is 17.4 Å². The molecule has 0 saturated carbocycles. The van der Waals surface area contributed by atoms with Gasteiger partial charge in [0.25, 0.3) is 0 Å². The van der Waals surface area contributed by atoms with Crippen LogP contribution in [0.25, 0.3) is 0 Å². The largest absolute Gasteiger partial charge is 0.416 e. The van der Waals surface area contributed by atoms with Gasteiger partial charge in [0.05, 0.1) is 23.0 Å². The van der Waals surface area contributed by atoms with E-state index in [1.54, 1.807) is 11.0 Å². The molecule has 3 rings (SSSR count). The Balaban J connectivity index is 1.62. The molecule has 138 valence electrons. The van der Waals surface area contributed by atoms with E-state index >= 15 is 0 Å². The van der Waals surface area contributed by atoms with E-state index in [4.69, 9.17) is 0 Å². The Morgan fingerprint density at radius 3 is 2.36 bits per heavy atom. The summed E-state index contributed by atoms with van der Waals surface area (Å²) in [5.74, 6) is -0.692. The van der Waals surface area contributed by atoms with Crippen LogP contribution in [0.4, 0.5) is 18.9 Å². The van der Waals surface area contributed by atoms with Crippen molar-refractivity contribution in [3.05, 3.63) is 29.8 Å². The zero-order valence-electron chi connectivity index (χ0n) is 13.5. The molecule has 0 radical (unpaired) electrons. The summed E-state index contributed by atoms with van der Waals surface area (Å²) in [6.45, 7) is 1.61. The van der Waals surface area contributed by atoms with Crippen LogP contribution in [0.15, 0.2) is 24.3 Å². The van der Waals surface area contributed by atoms with Gasteiger partial charge in [0.1, 0.15) is 0 Å². The lowest BCUT2D eigenvalue weighted by atomic mass is 10.1. The van der Waals surface area contributed by atoms with Crippen LogP contribution in [0.1, 0.15) is 12.0 Å². The summed E-state index contributed by atoms with van der Waals surface area (Å²) in [6, 6.07) is 5.14. The number of hydrogen-bond acceptors (Lipinski definition) is 4. The molecule has 2 saturated heterocycles. The fourth-order valence-corrected chi connectivity index (χ4v) is 5.04. The summed E-state index contributed by atoms with van der Waals surface area (Å²) in [6.07, 6.45) is -4.03. The van der Waals surface area contributed by atoms with Crippen molar-refractivity contribution in [2.24, 2.45) is 5.92 Å². The summed E-state index contributed by atoms with van der Waals surface area (Å²) >= 11 is 0. The van der Waals surface area contributed by atoms with Crippen molar-refractivity contribution in [3.63, 3.8) is 0 Å². The minimum Gasteiger partial charge on any atom is -0.368 e. The van der Waals surface area contributed by atoms with Crippen molar-refractivity contribution in [3.8, 4) is 0 Å². The van der Waals surface area contributed by atoms with Crippen LogP contribution in [0, 0.1) is 5.92 Å². The van der Waals surface area contributed by atoms with Gasteiger partial charge in [-0.25, -0.2) is 8.42 Å². The molecule has 1 aromatic rings. The number of anilines is 1. The molecule has 0 unspecified atom stereocenters.